The van der Waals surface area contributed by atoms with Crippen molar-refractivity contribution in [1.82, 2.24) is 9.99 Å². The van der Waals surface area contributed by atoms with Crippen LogP contribution < -0.4 is 0 Å². The van der Waals surface area contributed by atoms with Crippen LogP contribution in [0.15, 0.2) is 29.4 Å². The number of hydrazone groups is 1. The summed E-state index contributed by atoms with van der Waals surface area (Å²) < 4.78 is 0. The zero-order chi connectivity index (χ0) is 14.1. The zero-order valence-electron chi connectivity index (χ0n) is 12.6. The van der Waals surface area contributed by atoms with Crippen LogP contribution in [0.4, 0.5) is 0 Å². The number of fused-ring (bicyclic) bond motifs is 1. The van der Waals surface area contributed by atoms with Gasteiger partial charge in [-0.2, -0.15) is 5.10 Å². The van der Waals surface area contributed by atoms with Crippen molar-refractivity contribution >= 4 is 17.1 Å². The number of piperidine rings is 1. The summed E-state index contributed by atoms with van der Waals surface area (Å²) in [6.07, 6.45) is 5.84. The fourth-order valence-corrected chi connectivity index (χ4v) is 3.22. The van der Waals surface area contributed by atoms with Gasteiger partial charge in [0.15, 0.2) is 0 Å². The minimum atomic E-state index is 0.542. The van der Waals surface area contributed by atoms with E-state index in [-0.39, 0.29) is 0 Å². The van der Waals surface area contributed by atoms with Gasteiger partial charge in [-0.1, -0.05) is 18.2 Å². The monoisotopic (exact) mass is 269 g/mol. The number of nitrogens with zero attached hydrogens (tertiary/aromatic N) is 2. The molecule has 1 aliphatic heterocycles. The predicted molar refractivity (Wildman–Crippen MR) is 85.2 cm³/mol. The van der Waals surface area contributed by atoms with Gasteiger partial charge in [0.1, 0.15) is 0 Å². The van der Waals surface area contributed by atoms with Crippen molar-refractivity contribution in [2.24, 2.45) is 5.10 Å². The Balaban J connectivity index is 1.92. The SMILES string of the molecule is Cc1[nH]c2ccccc2c1/C=N/N1[C@H](C)CCC[C@@H]1C. The fourth-order valence-electron chi connectivity index (χ4n) is 3.22. The Bertz CT molecular complexity index is 616. The van der Waals surface area contributed by atoms with Crippen LogP contribution in [0.5, 0.6) is 0 Å². The van der Waals surface area contributed by atoms with Crippen LogP contribution in [0.2, 0.25) is 0 Å². The van der Waals surface area contributed by atoms with E-state index in [1.807, 2.05) is 6.21 Å². The molecular weight excluding hydrogens is 246 g/mol. The Hall–Kier alpha value is -1.77. The number of para-hydroxylation sites is 1. The van der Waals surface area contributed by atoms with Crippen molar-refractivity contribution in [2.45, 2.75) is 52.1 Å². The van der Waals surface area contributed by atoms with Crippen LogP contribution in [0.3, 0.4) is 0 Å². The molecule has 3 nitrogen and oxygen atoms in total. The highest BCUT2D eigenvalue weighted by Gasteiger charge is 2.22. The molecule has 0 aliphatic carbocycles. The molecule has 1 aromatic carbocycles. The van der Waals surface area contributed by atoms with Gasteiger partial charge in [0, 0.05) is 34.2 Å². The first-order chi connectivity index (χ1) is 9.66. The minimum absolute atomic E-state index is 0.542. The molecule has 106 valence electrons. The Kier molecular flexibility index (Phi) is 3.51. The second kappa shape index (κ2) is 5.31. The highest BCUT2D eigenvalue weighted by molar-refractivity contribution is 6.00. The molecule has 1 N–H and O–H groups in total. The molecule has 1 aromatic heterocycles. The van der Waals surface area contributed by atoms with E-state index in [9.17, 15) is 0 Å². The van der Waals surface area contributed by atoms with Crippen molar-refractivity contribution in [3.8, 4) is 0 Å². The van der Waals surface area contributed by atoms with E-state index in [1.54, 1.807) is 0 Å². The molecule has 1 aliphatic rings. The van der Waals surface area contributed by atoms with Crippen molar-refractivity contribution in [3.05, 3.63) is 35.5 Å². The Labute approximate surface area is 120 Å². The average Bonchev–Trinajstić information content (AvgIpc) is 2.74. The number of aromatic nitrogens is 1. The standard InChI is InChI=1S/C17H23N3/c1-12-7-6-8-13(2)20(12)18-11-16-14(3)19-17-10-5-4-9-15(16)17/h4-5,9-13,19H,6-8H2,1-3H3/b18-11+/t12-,13+. The Morgan fingerprint density at radius 3 is 2.65 bits per heavy atom. The molecule has 0 spiro atoms. The lowest BCUT2D eigenvalue weighted by Gasteiger charge is -2.36. The van der Waals surface area contributed by atoms with Gasteiger partial charge in [0.25, 0.3) is 0 Å². The van der Waals surface area contributed by atoms with Gasteiger partial charge >= 0.3 is 0 Å². The molecule has 1 saturated heterocycles. The second-order valence-electron chi connectivity index (χ2n) is 5.96. The van der Waals surface area contributed by atoms with Crippen LogP contribution in [-0.2, 0) is 0 Å². The normalized spacial score (nSPS) is 23.9. The fraction of sp³-hybridized carbons (Fsp3) is 0.471. The van der Waals surface area contributed by atoms with Gasteiger partial charge in [-0.25, -0.2) is 0 Å². The van der Waals surface area contributed by atoms with Gasteiger partial charge in [-0.05, 0) is 46.1 Å². The number of aryl methyl sites for hydroxylation is 1. The summed E-state index contributed by atoms with van der Waals surface area (Å²) in [4.78, 5) is 3.43. The highest BCUT2D eigenvalue weighted by atomic mass is 15.5. The van der Waals surface area contributed by atoms with E-state index in [0.717, 1.165) is 0 Å². The summed E-state index contributed by atoms with van der Waals surface area (Å²) in [6, 6.07) is 9.50. The summed E-state index contributed by atoms with van der Waals surface area (Å²) in [7, 11) is 0. The van der Waals surface area contributed by atoms with Crippen molar-refractivity contribution in [3.63, 3.8) is 0 Å². The van der Waals surface area contributed by atoms with Crippen LogP contribution in [-0.4, -0.2) is 28.3 Å². The van der Waals surface area contributed by atoms with Gasteiger partial charge < -0.3 is 4.98 Å². The average molecular weight is 269 g/mol. The van der Waals surface area contributed by atoms with Crippen molar-refractivity contribution in [1.29, 1.82) is 0 Å². The summed E-state index contributed by atoms with van der Waals surface area (Å²) in [6.45, 7) is 6.66. The highest BCUT2D eigenvalue weighted by Crippen LogP contribution is 2.24. The molecule has 0 unspecified atom stereocenters. The lowest BCUT2D eigenvalue weighted by Crippen LogP contribution is -2.39. The lowest BCUT2D eigenvalue weighted by atomic mass is 10.00. The van der Waals surface area contributed by atoms with Crippen LogP contribution in [0, 0.1) is 6.92 Å². The lowest BCUT2D eigenvalue weighted by molar-refractivity contribution is 0.109. The van der Waals surface area contributed by atoms with Gasteiger partial charge in [0.05, 0.1) is 6.21 Å². The summed E-state index contributed by atoms with van der Waals surface area (Å²) in [5.41, 5.74) is 3.59. The van der Waals surface area contributed by atoms with E-state index in [0.29, 0.717) is 12.1 Å². The maximum Gasteiger partial charge on any atom is 0.0567 e. The number of hydrogen-bond acceptors (Lipinski definition) is 2. The number of benzene rings is 1. The van der Waals surface area contributed by atoms with E-state index >= 15 is 0 Å². The summed E-state index contributed by atoms with van der Waals surface area (Å²) >= 11 is 0. The van der Waals surface area contributed by atoms with Gasteiger partial charge in [-0.15, -0.1) is 0 Å². The Morgan fingerprint density at radius 2 is 1.90 bits per heavy atom. The van der Waals surface area contributed by atoms with Crippen molar-refractivity contribution < 1.29 is 0 Å². The summed E-state index contributed by atoms with van der Waals surface area (Å²) in [5.74, 6) is 0. The number of hydrogen-bond donors (Lipinski definition) is 1. The first-order valence-electron chi connectivity index (χ1n) is 7.56. The smallest absolute Gasteiger partial charge is 0.0567 e. The number of aromatic amines is 1. The maximum atomic E-state index is 4.79. The van der Waals surface area contributed by atoms with E-state index in [1.165, 1.54) is 41.4 Å². The molecule has 3 rings (SSSR count). The minimum Gasteiger partial charge on any atom is -0.358 e. The topological polar surface area (TPSA) is 31.4 Å². The Morgan fingerprint density at radius 1 is 1.20 bits per heavy atom. The first kappa shape index (κ1) is 13.2. The third-order valence-corrected chi connectivity index (χ3v) is 4.41. The van der Waals surface area contributed by atoms with Crippen molar-refractivity contribution in [2.75, 3.05) is 0 Å². The molecule has 0 saturated carbocycles. The van der Waals surface area contributed by atoms with E-state index in [4.69, 9.17) is 5.10 Å². The van der Waals surface area contributed by atoms with Crippen LogP contribution in [0.25, 0.3) is 10.9 Å². The number of H-pyrrole nitrogens is 1. The number of nitrogens with one attached hydrogen (secondary N) is 1. The van der Waals surface area contributed by atoms with Crippen LogP contribution >= 0.6 is 0 Å². The van der Waals surface area contributed by atoms with Gasteiger partial charge in [0.2, 0.25) is 0 Å². The first-order valence-corrected chi connectivity index (χ1v) is 7.56. The number of rotatable bonds is 2. The van der Waals surface area contributed by atoms with E-state index in [2.05, 4.69) is 55.0 Å². The molecule has 0 bridgehead atoms. The van der Waals surface area contributed by atoms with Gasteiger partial charge in [-0.3, -0.25) is 5.01 Å². The third kappa shape index (κ3) is 2.33. The molecule has 0 amide bonds. The molecule has 3 heteroatoms. The molecule has 2 atom stereocenters. The quantitative estimate of drug-likeness (QED) is 0.819. The molecule has 2 heterocycles. The molecule has 20 heavy (non-hydrogen) atoms. The molecule has 2 aromatic rings. The third-order valence-electron chi connectivity index (χ3n) is 4.41. The van der Waals surface area contributed by atoms with Crippen LogP contribution in [0.1, 0.15) is 44.4 Å². The van der Waals surface area contributed by atoms with E-state index < -0.39 is 0 Å². The molecule has 0 radical (unpaired) electrons. The largest absolute Gasteiger partial charge is 0.358 e. The molecular formula is C17H23N3. The maximum absolute atomic E-state index is 4.79. The predicted octanol–water partition coefficient (Wildman–Crippen LogP) is 4.07. The summed E-state index contributed by atoms with van der Waals surface area (Å²) in [5, 5.41) is 8.31. The second-order valence-corrected chi connectivity index (χ2v) is 5.96. The molecule has 1 fully saturated rings. The zero-order valence-corrected chi connectivity index (χ0v) is 12.6.